The maximum Gasteiger partial charge on any atom is 0.279 e. The van der Waals surface area contributed by atoms with Gasteiger partial charge in [0.2, 0.25) is 0 Å². The van der Waals surface area contributed by atoms with Crippen LogP contribution in [-0.4, -0.2) is 42.5 Å². The molecule has 0 aromatic carbocycles. The maximum atomic E-state index is 11.7. The molecule has 1 unspecified atom stereocenters. The molecular formula is C23H47NO3S. The first-order valence-corrected chi connectivity index (χ1v) is 12.8. The number of rotatable bonds is 21. The summed E-state index contributed by atoms with van der Waals surface area (Å²) < 4.78 is 5.04. The molecule has 1 atom stereocenters. The molecule has 2 N–H and O–H groups in total. The van der Waals surface area contributed by atoms with Crippen molar-refractivity contribution >= 4 is 17.0 Å². The summed E-state index contributed by atoms with van der Waals surface area (Å²) in [5.41, 5.74) is 0. The quantitative estimate of drug-likeness (QED) is 0.204. The Labute approximate surface area is 179 Å². The van der Waals surface area contributed by atoms with Gasteiger partial charge in [0.1, 0.15) is 0 Å². The molecule has 0 aromatic rings. The Balaban J connectivity index is 3.16. The number of carbonyl (C=O) groups is 1. The lowest BCUT2D eigenvalue weighted by atomic mass is 10.0. The second kappa shape index (κ2) is 23.0. The van der Waals surface area contributed by atoms with Gasteiger partial charge in [-0.05, 0) is 6.42 Å². The zero-order chi connectivity index (χ0) is 20.7. The number of aliphatic hydroxyl groups excluding tert-OH is 1. The first kappa shape index (κ1) is 27.7. The molecule has 0 aliphatic carbocycles. The van der Waals surface area contributed by atoms with E-state index in [1.165, 1.54) is 108 Å². The lowest BCUT2D eigenvalue weighted by Gasteiger charge is -2.11. The number of nitrogens with one attached hydrogen (secondary N) is 1. The summed E-state index contributed by atoms with van der Waals surface area (Å²) in [5, 5.41) is 11.9. The van der Waals surface area contributed by atoms with E-state index in [1.54, 1.807) is 7.11 Å². The summed E-state index contributed by atoms with van der Waals surface area (Å²) >= 11 is 1.19. The molecule has 5 heteroatoms. The topological polar surface area (TPSA) is 58.6 Å². The van der Waals surface area contributed by atoms with Crippen molar-refractivity contribution < 1.29 is 14.6 Å². The lowest BCUT2D eigenvalue weighted by molar-refractivity contribution is 0.0657. The summed E-state index contributed by atoms with van der Waals surface area (Å²) in [7, 11) is 1.55. The van der Waals surface area contributed by atoms with Crippen LogP contribution >= 0.6 is 11.8 Å². The molecule has 168 valence electrons. The highest BCUT2D eigenvalue weighted by molar-refractivity contribution is 8.13. The van der Waals surface area contributed by atoms with Gasteiger partial charge >= 0.3 is 0 Å². The van der Waals surface area contributed by atoms with Gasteiger partial charge in [0, 0.05) is 19.4 Å². The second-order valence-electron chi connectivity index (χ2n) is 7.87. The summed E-state index contributed by atoms with van der Waals surface area (Å²) in [6.07, 6.45) is 21.5. The van der Waals surface area contributed by atoms with Crippen LogP contribution in [0.4, 0.5) is 4.79 Å². The third kappa shape index (κ3) is 20.5. The van der Waals surface area contributed by atoms with Crippen molar-refractivity contribution in [1.29, 1.82) is 0 Å². The fraction of sp³-hybridized carbons (Fsp3) is 0.957. The van der Waals surface area contributed by atoms with Gasteiger partial charge < -0.3 is 15.2 Å². The Bertz CT molecular complexity index is 325. The second-order valence-corrected chi connectivity index (χ2v) is 8.86. The van der Waals surface area contributed by atoms with Gasteiger partial charge in [-0.1, -0.05) is 115 Å². The summed E-state index contributed by atoms with van der Waals surface area (Å²) in [6, 6.07) is 0. The molecule has 0 heterocycles. The Morgan fingerprint density at radius 3 is 1.64 bits per heavy atom. The zero-order valence-corrected chi connectivity index (χ0v) is 19.5. The number of ether oxygens (including phenoxy) is 1. The minimum atomic E-state index is -0.258. The Morgan fingerprint density at radius 1 is 0.821 bits per heavy atom. The number of aliphatic hydroxyl groups is 1. The molecule has 0 spiro atoms. The van der Waals surface area contributed by atoms with Gasteiger partial charge in [-0.15, -0.1) is 0 Å². The third-order valence-electron chi connectivity index (χ3n) is 5.24. The van der Waals surface area contributed by atoms with Gasteiger partial charge in [0.05, 0.1) is 12.7 Å². The number of thioether (sulfide) groups is 1. The first-order chi connectivity index (χ1) is 13.7. The van der Waals surface area contributed by atoms with Crippen LogP contribution in [0.1, 0.15) is 110 Å². The molecule has 0 rings (SSSR count). The van der Waals surface area contributed by atoms with Crippen molar-refractivity contribution in [3.8, 4) is 0 Å². The molecule has 0 radical (unpaired) electrons. The highest BCUT2D eigenvalue weighted by Crippen LogP contribution is 2.13. The van der Waals surface area contributed by atoms with Crippen LogP contribution < -0.4 is 5.32 Å². The van der Waals surface area contributed by atoms with E-state index in [0.29, 0.717) is 5.75 Å². The normalized spacial score (nSPS) is 12.2. The number of amides is 1. The summed E-state index contributed by atoms with van der Waals surface area (Å²) in [6.45, 7) is 2.98. The molecule has 4 nitrogen and oxygen atoms in total. The maximum absolute atomic E-state index is 11.7. The van der Waals surface area contributed by atoms with E-state index in [9.17, 15) is 4.79 Å². The van der Waals surface area contributed by atoms with E-state index in [-0.39, 0.29) is 18.0 Å². The monoisotopic (exact) mass is 417 g/mol. The minimum absolute atomic E-state index is 0.0172. The smallest absolute Gasteiger partial charge is 0.279 e. The van der Waals surface area contributed by atoms with E-state index in [0.717, 1.165) is 13.0 Å². The number of hydrogen-bond donors (Lipinski definition) is 2. The van der Waals surface area contributed by atoms with Crippen LogP contribution in [0, 0.1) is 0 Å². The summed E-state index contributed by atoms with van der Waals surface area (Å²) in [5.74, 6) is 0.498. The number of carbonyl (C=O) groups excluding carboxylic acids is 1. The van der Waals surface area contributed by atoms with E-state index in [2.05, 4.69) is 12.2 Å². The lowest BCUT2D eigenvalue weighted by Crippen LogP contribution is -2.24. The van der Waals surface area contributed by atoms with E-state index in [1.807, 2.05) is 0 Å². The molecule has 0 aliphatic rings. The van der Waals surface area contributed by atoms with Crippen LogP contribution in [0.2, 0.25) is 0 Å². The molecule has 0 saturated carbocycles. The standard InChI is InChI=1S/C23H47NO3S/c1-3-4-5-6-7-8-9-10-11-12-13-14-15-16-17-18-19-24-23(26)28-21-22(20-25)27-2/h22,25H,3-21H2,1-2H3,(H,24,26). The Hall–Kier alpha value is -0.260. The SMILES string of the molecule is CCCCCCCCCCCCCCCCCCNC(=O)SCC(CO)OC. The van der Waals surface area contributed by atoms with Crippen molar-refractivity contribution in [1.82, 2.24) is 5.32 Å². The van der Waals surface area contributed by atoms with Gasteiger partial charge in [0.15, 0.2) is 0 Å². The molecule has 28 heavy (non-hydrogen) atoms. The van der Waals surface area contributed by atoms with E-state index < -0.39 is 0 Å². The molecule has 0 bridgehead atoms. The van der Waals surface area contributed by atoms with Crippen molar-refractivity contribution in [2.24, 2.45) is 0 Å². The Kier molecular flexibility index (Phi) is 22.8. The van der Waals surface area contributed by atoms with Crippen molar-refractivity contribution in [2.75, 3.05) is 26.0 Å². The van der Waals surface area contributed by atoms with Crippen molar-refractivity contribution in [2.45, 2.75) is 116 Å². The molecule has 1 amide bonds. The van der Waals surface area contributed by atoms with Crippen LogP contribution in [0.25, 0.3) is 0 Å². The van der Waals surface area contributed by atoms with Gasteiger partial charge in [0.25, 0.3) is 5.24 Å². The highest BCUT2D eigenvalue weighted by atomic mass is 32.2. The van der Waals surface area contributed by atoms with E-state index >= 15 is 0 Å². The highest BCUT2D eigenvalue weighted by Gasteiger charge is 2.09. The average Bonchev–Trinajstić information content (AvgIpc) is 2.71. The van der Waals surface area contributed by atoms with Gasteiger partial charge in [-0.2, -0.15) is 0 Å². The first-order valence-electron chi connectivity index (χ1n) is 11.8. The number of methoxy groups -OCH3 is 1. The molecule has 0 aliphatic heterocycles. The minimum Gasteiger partial charge on any atom is -0.394 e. The van der Waals surface area contributed by atoms with Crippen LogP contribution in [0.5, 0.6) is 0 Å². The van der Waals surface area contributed by atoms with Crippen LogP contribution in [0.3, 0.4) is 0 Å². The number of unbranched alkanes of at least 4 members (excludes halogenated alkanes) is 15. The predicted octanol–water partition coefficient (Wildman–Crippen LogP) is 6.70. The van der Waals surface area contributed by atoms with Crippen LogP contribution in [0.15, 0.2) is 0 Å². The third-order valence-corrected chi connectivity index (χ3v) is 6.18. The molecule has 0 aromatic heterocycles. The molecule has 0 fully saturated rings. The summed E-state index contributed by atoms with van der Waals surface area (Å²) in [4.78, 5) is 11.7. The van der Waals surface area contributed by atoms with Gasteiger partial charge in [-0.25, -0.2) is 0 Å². The largest absolute Gasteiger partial charge is 0.394 e. The van der Waals surface area contributed by atoms with Crippen molar-refractivity contribution in [3.05, 3.63) is 0 Å². The van der Waals surface area contributed by atoms with Gasteiger partial charge in [-0.3, -0.25) is 4.79 Å². The fourth-order valence-electron chi connectivity index (χ4n) is 3.28. The molecule has 0 saturated heterocycles. The predicted molar refractivity (Wildman–Crippen MR) is 123 cm³/mol. The Morgan fingerprint density at radius 2 is 1.25 bits per heavy atom. The van der Waals surface area contributed by atoms with E-state index in [4.69, 9.17) is 9.84 Å². The van der Waals surface area contributed by atoms with Crippen molar-refractivity contribution in [3.63, 3.8) is 0 Å². The number of hydrogen-bond acceptors (Lipinski definition) is 4. The molecular weight excluding hydrogens is 370 g/mol. The fourth-order valence-corrected chi connectivity index (χ4v) is 4.06. The van der Waals surface area contributed by atoms with Crippen LogP contribution in [-0.2, 0) is 4.74 Å². The average molecular weight is 418 g/mol. The zero-order valence-electron chi connectivity index (χ0n) is 18.7.